The summed E-state index contributed by atoms with van der Waals surface area (Å²) in [6.07, 6.45) is 1.61. The second kappa shape index (κ2) is 13.0. The summed E-state index contributed by atoms with van der Waals surface area (Å²) < 4.78 is 4.71. The van der Waals surface area contributed by atoms with Crippen LogP contribution in [-0.2, 0) is 0 Å². The monoisotopic (exact) mass is 715 g/mol. The minimum absolute atomic E-state index is 0.635. The third kappa shape index (κ3) is 5.29. The van der Waals surface area contributed by atoms with Gasteiger partial charge in [-0.3, -0.25) is 0 Å². The molecule has 5 nitrogen and oxygen atoms in total. The molecule has 0 bridgehead atoms. The number of hydrogen-bond donors (Lipinski definition) is 0. The maximum Gasteiger partial charge on any atom is 0.163 e. The van der Waals surface area contributed by atoms with Crippen LogP contribution < -0.4 is 0 Å². The Kier molecular flexibility index (Phi) is 7.42. The Morgan fingerprint density at radius 1 is 0.286 bits per heavy atom. The first-order chi connectivity index (χ1) is 27.8. The fourth-order valence-electron chi connectivity index (χ4n) is 8.24. The summed E-state index contributed by atoms with van der Waals surface area (Å²) in [5.74, 6) is 1.28. The van der Waals surface area contributed by atoms with Crippen LogP contribution >= 0.6 is 0 Å². The Labute approximate surface area is 323 Å². The molecule has 11 rings (SSSR count). The molecule has 0 atom stereocenters. The van der Waals surface area contributed by atoms with E-state index in [9.17, 15) is 0 Å². The lowest BCUT2D eigenvalue weighted by molar-refractivity contribution is 1.06. The zero-order valence-electron chi connectivity index (χ0n) is 30.3. The van der Waals surface area contributed by atoms with Gasteiger partial charge in [0, 0.05) is 44.0 Å². The molecular weight excluding hydrogens is 683 g/mol. The summed E-state index contributed by atoms with van der Waals surface area (Å²) in [5, 5.41) is 4.90. The molecule has 0 saturated heterocycles. The first kappa shape index (κ1) is 31.9. The van der Waals surface area contributed by atoms with Crippen LogP contribution in [0.25, 0.3) is 100 Å². The first-order valence-corrected chi connectivity index (χ1v) is 18.8. The largest absolute Gasteiger partial charge is 0.309 e. The van der Waals surface area contributed by atoms with Gasteiger partial charge in [0.25, 0.3) is 0 Å². The van der Waals surface area contributed by atoms with E-state index in [1.54, 1.807) is 6.33 Å². The topological polar surface area (TPSA) is 48.5 Å². The Bertz CT molecular complexity index is 3230. The quantitative estimate of drug-likeness (QED) is 0.172. The SMILES string of the molecule is c1ccc(-c2ccc(-c3ncnc(-c4cccc(-n5c6ccccc6c6cc(-c7ccc8c(c7)c7ccccc7n8-c7ccccc7)ccc65)c4)n3)cc2)cc1. The molecule has 0 saturated carbocycles. The van der Waals surface area contributed by atoms with E-state index in [2.05, 4.69) is 207 Å². The molecule has 0 aliphatic carbocycles. The standard InChI is InChI=1S/C51H33N5/c1-3-12-34(13-4-1)35-22-24-36(25-23-35)50-52-33-53-51(54-50)39-14-11-17-41(30-39)56-47-21-10-8-19-43(47)45-32-38(27-29-49(45)56)37-26-28-48-44(31-37)42-18-7-9-20-46(42)55(48)40-15-5-2-6-16-40/h1-33H. The van der Waals surface area contributed by atoms with Gasteiger partial charge in [-0.2, -0.15) is 0 Å². The smallest absolute Gasteiger partial charge is 0.163 e. The maximum absolute atomic E-state index is 4.93. The van der Waals surface area contributed by atoms with Crippen molar-refractivity contribution >= 4 is 43.6 Å². The van der Waals surface area contributed by atoms with Gasteiger partial charge < -0.3 is 9.13 Å². The second-order valence-electron chi connectivity index (χ2n) is 14.1. The fourth-order valence-corrected chi connectivity index (χ4v) is 8.24. The van der Waals surface area contributed by atoms with E-state index >= 15 is 0 Å². The maximum atomic E-state index is 4.93. The van der Waals surface area contributed by atoms with E-state index in [1.807, 2.05) is 6.07 Å². The molecule has 8 aromatic carbocycles. The summed E-state index contributed by atoms with van der Waals surface area (Å²) >= 11 is 0. The van der Waals surface area contributed by atoms with E-state index in [0.29, 0.717) is 11.6 Å². The average Bonchev–Trinajstić information content (AvgIpc) is 3.79. The summed E-state index contributed by atoms with van der Waals surface area (Å²) in [6, 6.07) is 68.9. The molecular formula is C51H33N5. The molecule has 0 aliphatic rings. The van der Waals surface area contributed by atoms with Crippen molar-refractivity contribution in [1.29, 1.82) is 0 Å². The van der Waals surface area contributed by atoms with Crippen molar-refractivity contribution < 1.29 is 0 Å². The third-order valence-electron chi connectivity index (χ3n) is 10.9. The van der Waals surface area contributed by atoms with Crippen LogP contribution in [0.15, 0.2) is 200 Å². The Morgan fingerprint density at radius 3 is 1.38 bits per heavy atom. The molecule has 3 heterocycles. The highest BCUT2D eigenvalue weighted by atomic mass is 15.0. The molecule has 56 heavy (non-hydrogen) atoms. The average molecular weight is 716 g/mol. The van der Waals surface area contributed by atoms with E-state index in [4.69, 9.17) is 4.98 Å². The van der Waals surface area contributed by atoms with E-state index in [0.717, 1.165) is 39.1 Å². The normalized spacial score (nSPS) is 11.6. The molecule has 5 heteroatoms. The van der Waals surface area contributed by atoms with Gasteiger partial charge in [0.05, 0.1) is 22.1 Å². The predicted molar refractivity (Wildman–Crippen MR) is 230 cm³/mol. The van der Waals surface area contributed by atoms with E-state index in [1.165, 1.54) is 49.3 Å². The minimum atomic E-state index is 0.635. The molecule has 0 unspecified atom stereocenters. The molecule has 3 aromatic heterocycles. The highest BCUT2D eigenvalue weighted by Crippen LogP contribution is 2.38. The number of rotatable bonds is 6. The number of hydrogen-bond acceptors (Lipinski definition) is 3. The zero-order chi connectivity index (χ0) is 37.0. The predicted octanol–water partition coefficient (Wildman–Crippen LogP) is 12.7. The lowest BCUT2D eigenvalue weighted by Crippen LogP contribution is -1.98. The summed E-state index contributed by atoms with van der Waals surface area (Å²) in [5.41, 5.74) is 13.5. The number of nitrogens with zero attached hydrogens (tertiary/aromatic N) is 5. The van der Waals surface area contributed by atoms with Gasteiger partial charge in [0.2, 0.25) is 0 Å². The van der Waals surface area contributed by atoms with Crippen molar-refractivity contribution in [1.82, 2.24) is 24.1 Å². The van der Waals surface area contributed by atoms with Crippen LogP contribution in [-0.4, -0.2) is 24.1 Å². The van der Waals surface area contributed by atoms with Crippen molar-refractivity contribution in [3.8, 4) is 56.4 Å². The van der Waals surface area contributed by atoms with Crippen LogP contribution in [0.3, 0.4) is 0 Å². The molecule has 0 amide bonds. The van der Waals surface area contributed by atoms with Gasteiger partial charge in [-0.15, -0.1) is 0 Å². The van der Waals surface area contributed by atoms with Gasteiger partial charge in [0.1, 0.15) is 6.33 Å². The number of benzene rings is 8. The fraction of sp³-hybridized carbons (Fsp3) is 0. The molecule has 0 N–H and O–H groups in total. The third-order valence-corrected chi connectivity index (χ3v) is 10.9. The molecule has 11 aromatic rings. The summed E-state index contributed by atoms with van der Waals surface area (Å²) in [6.45, 7) is 0. The highest BCUT2D eigenvalue weighted by Gasteiger charge is 2.17. The van der Waals surface area contributed by atoms with Gasteiger partial charge in [-0.05, 0) is 82.9 Å². The molecule has 0 spiro atoms. The highest BCUT2D eigenvalue weighted by molar-refractivity contribution is 6.12. The lowest BCUT2D eigenvalue weighted by atomic mass is 10.0. The molecule has 262 valence electrons. The van der Waals surface area contributed by atoms with Crippen LogP contribution in [0.5, 0.6) is 0 Å². The first-order valence-electron chi connectivity index (χ1n) is 18.8. The van der Waals surface area contributed by atoms with Gasteiger partial charge in [-0.25, -0.2) is 15.0 Å². The number of fused-ring (bicyclic) bond motifs is 6. The van der Waals surface area contributed by atoms with Crippen LogP contribution in [0.1, 0.15) is 0 Å². The van der Waals surface area contributed by atoms with Crippen molar-refractivity contribution in [2.45, 2.75) is 0 Å². The second-order valence-corrected chi connectivity index (χ2v) is 14.1. The number of para-hydroxylation sites is 3. The number of aromatic nitrogens is 5. The summed E-state index contributed by atoms with van der Waals surface area (Å²) in [7, 11) is 0. The minimum Gasteiger partial charge on any atom is -0.309 e. The Balaban J connectivity index is 0.984. The van der Waals surface area contributed by atoms with Gasteiger partial charge in [0.15, 0.2) is 11.6 Å². The lowest BCUT2D eigenvalue weighted by Gasteiger charge is -2.11. The van der Waals surface area contributed by atoms with Crippen molar-refractivity contribution in [3.63, 3.8) is 0 Å². The van der Waals surface area contributed by atoms with E-state index in [-0.39, 0.29) is 0 Å². The van der Waals surface area contributed by atoms with Gasteiger partial charge >= 0.3 is 0 Å². The van der Waals surface area contributed by atoms with Gasteiger partial charge in [-0.1, -0.05) is 133 Å². The van der Waals surface area contributed by atoms with Crippen LogP contribution in [0.2, 0.25) is 0 Å². The van der Waals surface area contributed by atoms with Crippen molar-refractivity contribution in [3.05, 3.63) is 200 Å². The van der Waals surface area contributed by atoms with Crippen molar-refractivity contribution in [2.24, 2.45) is 0 Å². The van der Waals surface area contributed by atoms with Crippen LogP contribution in [0, 0.1) is 0 Å². The Hall–Kier alpha value is -7.63. The molecule has 0 fully saturated rings. The van der Waals surface area contributed by atoms with Crippen LogP contribution in [0.4, 0.5) is 0 Å². The van der Waals surface area contributed by atoms with Crippen molar-refractivity contribution in [2.75, 3.05) is 0 Å². The zero-order valence-corrected chi connectivity index (χ0v) is 30.3. The molecule has 0 radical (unpaired) electrons. The van der Waals surface area contributed by atoms with E-state index < -0.39 is 0 Å². The summed E-state index contributed by atoms with van der Waals surface area (Å²) in [4.78, 5) is 14.1. The Morgan fingerprint density at radius 2 is 0.732 bits per heavy atom. The molecule has 0 aliphatic heterocycles.